The number of halogens is 2. The van der Waals surface area contributed by atoms with Gasteiger partial charge in [-0.3, -0.25) is 4.89 Å². The van der Waals surface area contributed by atoms with Gasteiger partial charge in [0, 0.05) is 32.3 Å². The predicted octanol–water partition coefficient (Wildman–Crippen LogP) is 7.74. The van der Waals surface area contributed by atoms with E-state index in [1.807, 2.05) is 55.4 Å². The van der Waals surface area contributed by atoms with Crippen LogP contribution in [-0.2, 0) is 15.4 Å². The van der Waals surface area contributed by atoms with Crippen LogP contribution >= 0.6 is 31.0 Å². The van der Waals surface area contributed by atoms with Gasteiger partial charge in [-0.05, 0) is 47.9 Å². The van der Waals surface area contributed by atoms with Crippen molar-refractivity contribution in [3.8, 4) is 22.6 Å². The van der Waals surface area contributed by atoms with Gasteiger partial charge in [0.2, 0.25) is 0 Å². The Kier molecular flexibility index (Phi) is 5.37. The molecule has 29 heavy (non-hydrogen) atoms. The third-order valence-electron chi connectivity index (χ3n) is 5.23. The van der Waals surface area contributed by atoms with Crippen LogP contribution in [0.4, 0.5) is 0 Å². The molecule has 1 aliphatic rings. The van der Waals surface area contributed by atoms with Gasteiger partial charge in [-0.2, -0.15) is 0 Å². The fraction of sp³-hybridized carbons (Fsp3) is 0.455. The highest BCUT2D eigenvalue weighted by molar-refractivity contribution is 7.48. The lowest BCUT2D eigenvalue weighted by molar-refractivity contribution is 0.290. The summed E-state index contributed by atoms with van der Waals surface area (Å²) in [6, 6.07) is 3.59. The van der Waals surface area contributed by atoms with E-state index in [1.165, 1.54) is 0 Å². The van der Waals surface area contributed by atoms with Gasteiger partial charge in [0.25, 0.3) is 0 Å². The standard InChI is InChI=1S/C22H27Cl2O4P/c1-11-15(23)9-13(21(3,4)5)19-17(11)18-12(2)16(24)10-14(22(6,7)8)20(18)28-29(25,26)27-19/h9-10H,1-8H3,(H,25,26). The summed E-state index contributed by atoms with van der Waals surface area (Å²) < 4.78 is 24.3. The summed E-state index contributed by atoms with van der Waals surface area (Å²) in [5, 5.41) is 1.10. The lowest BCUT2D eigenvalue weighted by Gasteiger charge is -2.27. The average molecular weight is 457 g/mol. The third-order valence-corrected chi connectivity index (χ3v) is 6.84. The number of hydrogen-bond donors (Lipinski definition) is 1. The Morgan fingerprint density at radius 3 is 1.38 bits per heavy atom. The smallest absolute Gasteiger partial charge is 0.394 e. The maximum Gasteiger partial charge on any atom is 0.584 e. The van der Waals surface area contributed by atoms with E-state index in [9.17, 15) is 9.46 Å². The van der Waals surface area contributed by atoms with Crippen LogP contribution in [0.15, 0.2) is 12.1 Å². The quantitative estimate of drug-likeness (QED) is 0.411. The first kappa shape index (κ1) is 22.5. The maximum atomic E-state index is 13.0. The molecule has 1 heterocycles. The van der Waals surface area contributed by atoms with Crippen LogP contribution in [0.5, 0.6) is 11.5 Å². The van der Waals surface area contributed by atoms with Crippen molar-refractivity contribution in [3.05, 3.63) is 44.4 Å². The zero-order valence-electron chi connectivity index (χ0n) is 18.0. The van der Waals surface area contributed by atoms with Gasteiger partial charge in [0.05, 0.1) is 0 Å². The van der Waals surface area contributed by atoms with Gasteiger partial charge >= 0.3 is 7.82 Å². The summed E-state index contributed by atoms with van der Waals surface area (Å²) in [7, 11) is -4.44. The Hall–Kier alpha value is -1.19. The van der Waals surface area contributed by atoms with Crippen molar-refractivity contribution in [2.24, 2.45) is 0 Å². The molecule has 7 heteroatoms. The van der Waals surface area contributed by atoms with Crippen LogP contribution in [0.25, 0.3) is 11.1 Å². The van der Waals surface area contributed by atoms with Crippen molar-refractivity contribution in [2.75, 3.05) is 0 Å². The van der Waals surface area contributed by atoms with Gasteiger partial charge in [0.1, 0.15) is 11.5 Å². The summed E-state index contributed by atoms with van der Waals surface area (Å²) in [5.41, 5.74) is 3.47. The third kappa shape index (κ3) is 3.93. The van der Waals surface area contributed by atoms with E-state index in [-0.39, 0.29) is 10.8 Å². The van der Waals surface area contributed by atoms with E-state index in [0.29, 0.717) is 32.7 Å². The molecule has 0 atom stereocenters. The molecule has 2 aromatic rings. The Labute approximate surface area is 182 Å². The molecular formula is C22H27Cl2O4P. The zero-order chi connectivity index (χ0) is 22.1. The molecule has 0 saturated carbocycles. The fourth-order valence-corrected chi connectivity index (χ4v) is 4.89. The molecule has 0 bridgehead atoms. The monoisotopic (exact) mass is 456 g/mol. The number of benzene rings is 2. The minimum Gasteiger partial charge on any atom is -0.394 e. The second-order valence-corrected chi connectivity index (χ2v) is 11.7. The molecule has 0 aliphatic carbocycles. The van der Waals surface area contributed by atoms with Crippen LogP contribution in [0.3, 0.4) is 0 Å². The van der Waals surface area contributed by atoms with E-state index >= 15 is 0 Å². The van der Waals surface area contributed by atoms with Crippen LogP contribution in [0.1, 0.15) is 63.8 Å². The number of fused-ring (bicyclic) bond motifs is 3. The summed E-state index contributed by atoms with van der Waals surface area (Å²) in [6.07, 6.45) is 0. The van der Waals surface area contributed by atoms with Crippen molar-refractivity contribution < 1.29 is 18.5 Å². The largest absolute Gasteiger partial charge is 0.584 e. The molecule has 0 fully saturated rings. The van der Waals surface area contributed by atoms with Gasteiger partial charge in [-0.1, -0.05) is 64.7 Å². The SMILES string of the molecule is Cc1c(Cl)cc(C(C)(C)C)c2c1-c1c(C)c(Cl)cc(C(C)(C)C)c1OP(=O)(O)O2. The molecule has 0 aromatic heterocycles. The molecule has 158 valence electrons. The highest BCUT2D eigenvalue weighted by Gasteiger charge is 2.40. The van der Waals surface area contributed by atoms with Crippen molar-refractivity contribution in [3.63, 3.8) is 0 Å². The van der Waals surface area contributed by atoms with Crippen molar-refractivity contribution in [1.29, 1.82) is 0 Å². The van der Waals surface area contributed by atoms with E-state index in [0.717, 1.165) is 22.3 Å². The topological polar surface area (TPSA) is 55.8 Å². The van der Waals surface area contributed by atoms with Crippen molar-refractivity contribution in [1.82, 2.24) is 0 Å². The highest BCUT2D eigenvalue weighted by Crippen LogP contribution is 2.60. The van der Waals surface area contributed by atoms with Crippen LogP contribution in [0.2, 0.25) is 10.0 Å². The second-order valence-electron chi connectivity index (χ2n) is 9.62. The normalized spacial score (nSPS) is 15.7. The summed E-state index contributed by atoms with van der Waals surface area (Å²) in [5.74, 6) is 0.628. The van der Waals surface area contributed by atoms with Crippen LogP contribution < -0.4 is 9.05 Å². The number of phosphoric ester groups is 1. The molecular weight excluding hydrogens is 430 g/mol. The Balaban J connectivity index is 2.62. The molecule has 1 aliphatic heterocycles. The molecule has 4 nitrogen and oxygen atoms in total. The number of phosphoric acid groups is 1. The Morgan fingerprint density at radius 1 is 0.793 bits per heavy atom. The van der Waals surface area contributed by atoms with Crippen molar-refractivity contribution >= 4 is 31.0 Å². The van der Waals surface area contributed by atoms with Gasteiger partial charge < -0.3 is 9.05 Å². The molecule has 3 rings (SSSR count). The first-order valence-electron chi connectivity index (χ1n) is 9.44. The molecule has 1 N–H and O–H groups in total. The van der Waals surface area contributed by atoms with E-state index < -0.39 is 7.82 Å². The van der Waals surface area contributed by atoms with Gasteiger partial charge in [-0.25, -0.2) is 4.57 Å². The first-order chi connectivity index (χ1) is 13.0. The number of hydrogen-bond acceptors (Lipinski definition) is 3. The predicted molar refractivity (Wildman–Crippen MR) is 120 cm³/mol. The second kappa shape index (κ2) is 6.92. The van der Waals surface area contributed by atoms with E-state index in [1.54, 1.807) is 12.1 Å². The molecule has 0 saturated heterocycles. The van der Waals surface area contributed by atoms with Gasteiger partial charge in [0.15, 0.2) is 0 Å². The summed E-state index contributed by atoms with van der Waals surface area (Å²) >= 11 is 13.2. The molecule has 0 amide bonds. The minimum absolute atomic E-state index is 0.314. The summed E-state index contributed by atoms with van der Waals surface area (Å²) in [4.78, 5) is 10.6. The highest BCUT2D eigenvalue weighted by atomic mass is 35.5. The Bertz CT molecular complexity index is 981. The van der Waals surface area contributed by atoms with E-state index in [4.69, 9.17) is 32.2 Å². The molecule has 2 aromatic carbocycles. The lowest BCUT2D eigenvalue weighted by atomic mass is 9.79. The van der Waals surface area contributed by atoms with Crippen LogP contribution in [0, 0.1) is 13.8 Å². The average Bonchev–Trinajstić information content (AvgIpc) is 2.65. The lowest BCUT2D eigenvalue weighted by Crippen LogP contribution is -2.14. The summed E-state index contributed by atoms with van der Waals surface area (Å²) in [6.45, 7) is 15.7. The van der Waals surface area contributed by atoms with Crippen molar-refractivity contribution in [2.45, 2.75) is 66.2 Å². The maximum absolute atomic E-state index is 13.0. The minimum atomic E-state index is -4.44. The van der Waals surface area contributed by atoms with E-state index in [2.05, 4.69) is 0 Å². The molecule has 0 spiro atoms. The Morgan fingerprint density at radius 2 is 1.10 bits per heavy atom. The fourth-order valence-electron chi connectivity index (χ4n) is 3.61. The first-order valence-corrected chi connectivity index (χ1v) is 11.7. The van der Waals surface area contributed by atoms with Gasteiger partial charge in [-0.15, -0.1) is 0 Å². The molecule has 0 radical (unpaired) electrons. The zero-order valence-corrected chi connectivity index (χ0v) is 20.4. The molecule has 0 unspecified atom stereocenters. The van der Waals surface area contributed by atoms with Crippen LogP contribution in [-0.4, -0.2) is 4.89 Å². The number of rotatable bonds is 0.